The predicted octanol–water partition coefficient (Wildman–Crippen LogP) is 2.34. The maximum atomic E-state index is 10.9. The van der Waals surface area contributed by atoms with Crippen molar-refractivity contribution in [1.82, 2.24) is 4.90 Å². The first-order valence-corrected chi connectivity index (χ1v) is 7.66. The predicted molar refractivity (Wildman–Crippen MR) is 83.5 cm³/mol. The second-order valence-corrected chi connectivity index (χ2v) is 6.90. The van der Waals surface area contributed by atoms with Gasteiger partial charge >= 0.3 is 0 Å². The lowest BCUT2D eigenvalue weighted by atomic mass is 9.85. The third-order valence-corrected chi connectivity index (χ3v) is 4.57. The van der Waals surface area contributed by atoms with E-state index in [1.54, 1.807) is 0 Å². The highest BCUT2D eigenvalue weighted by Crippen LogP contribution is 2.31. The zero-order valence-electron chi connectivity index (χ0n) is 12.8. The van der Waals surface area contributed by atoms with Crippen LogP contribution in [0.1, 0.15) is 38.7 Å². The number of likely N-dealkylation sites (tertiary alicyclic amines) is 1. The highest BCUT2D eigenvalue weighted by Gasteiger charge is 2.32. The lowest BCUT2D eigenvalue weighted by Crippen LogP contribution is -2.46. The smallest absolute Gasteiger partial charge is 0.114 e. The SMILES string of the molecule is CC1(C)CCCN(CC(O)(CN)c2ccccc2)CC1. The van der Waals surface area contributed by atoms with E-state index in [2.05, 4.69) is 18.7 Å². The molecule has 0 saturated carbocycles. The van der Waals surface area contributed by atoms with Crippen LogP contribution in [0.25, 0.3) is 0 Å². The number of nitrogens with zero attached hydrogens (tertiary/aromatic N) is 1. The van der Waals surface area contributed by atoms with E-state index in [4.69, 9.17) is 5.73 Å². The van der Waals surface area contributed by atoms with E-state index in [9.17, 15) is 5.11 Å². The lowest BCUT2D eigenvalue weighted by molar-refractivity contribution is 0.00702. The van der Waals surface area contributed by atoms with Crippen molar-refractivity contribution in [2.75, 3.05) is 26.2 Å². The van der Waals surface area contributed by atoms with Crippen molar-refractivity contribution in [2.45, 2.75) is 38.7 Å². The molecule has 3 heteroatoms. The molecule has 1 aromatic rings. The first-order chi connectivity index (χ1) is 9.45. The summed E-state index contributed by atoms with van der Waals surface area (Å²) in [5.41, 5.74) is 6.28. The van der Waals surface area contributed by atoms with Crippen LogP contribution in [0, 0.1) is 5.41 Å². The van der Waals surface area contributed by atoms with Crippen LogP contribution in [0.2, 0.25) is 0 Å². The van der Waals surface area contributed by atoms with E-state index in [0.29, 0.717) is 12.0 Å². The number of hydrogen-bond donors (Lipinski definition) is 2. The summed E-state index contributed by atoms with van der Waals surface area (Å²) in [6.45, 7) is 7.66. The van der Waals surface area contributed by atoms with Crippen molar-refractivity contribution < 1.29 is 5.11 Å². The molecule has 3 nitrogen and oxygen atoms in total. The Labute approximate surface area is 122 Å². The molecule has 0 radical (unpaired) electrons. The number of benzene rings is 1. The summed E-state index contributed by atoms with van der Waals surface area (Å²) in [7, 11) is 0. The molecule has 0 aliphatic carbocycles. The molecule has 0 spiro atoms. The topological polar surface area (TPSA) is 49.5 Å². The minimum absolute atomic E-state index is 0.261. The maximum Gasteiger partial charge on any atom is 0.114 e. The van der Waals surface area contributed by atoms with Crippen LogP contribution in [-0.2, 0) is 5.60 Å². The van der Waals surface area contributed by atoms with Crippen LogP contribution in [-0.4, -0.2) is 36.2 Å². The maximum absolute atomic E-state index is 10.9. The molecule has 1 atom stereocenters. The second-order valence-electron chi connectivity index (χ2n) is 6.90. The fourth-order valence-electron chi connectivity index (χ4n) is 3.03. The monoisotopic (exact) mass is 276 g/mol. The van der Waals surface area contributed by atoms with Gasteiger partial charge in [-0.3, -0.25) is 0 Å². The second kappa shape index (κ2) is 6.25. The summed E-state index contributed by atoms with van der Waals surface area (Å²) in [5.74, 6) is 0. The third kappa shape index (κ3) is 3.81. The summed E-state index contributed by atoms with van der Waals surface area (Å²) in [4.78, 5) is 2.37. The zero-order chi connectivity index (χ0) is 14.6. The molecule has 0 aromatic heterocycles. The van der Waals surface area contributed by atoms with Crippen LogP contribution in [0.5, 0.6) is 0 Å². The number of β-amino-alcohol motifs (C(OH)–C–C–N with tert-alkyl or cyclic N) is 1. The Morgan fingerprint density at radius 3 is 2.55 bits per heavy atom. The van der Waals surface area contributed by atoms with Gasteiger partial charge in [-0.15, -0.1) is 0 Å². The van der Waals surface area contributed by atoms with Gasteiger partial charge in [-0.05, 0) is 43.3 Å². The summed E-state index contributed by atoms with van der Waals surface area (Å²) in [6.07, 6.45) is 3.64. The fourth-order valence-corrected chi connectivity index (χ4v) is 3.03. The van der Waals surface area contributed by atoms with E-state index in [0.717, 1.165) is 18.7 Å². The van der Waals surface area contributed by atoms with Crippen LogP contribution >= 0.6 is 0 Å². The average Bonchev–Trinajstić information content (AvgIpc) is 2.61. The molecule has 112 valence electrons. The molecule has 0 amide bonds. The number of hydrogen-bond acceptors (Lipinski definition) is 3. The highest BCUT2D eigenvalue weighted by molar-refractivity contribution is 5.23. The lowest BCUT2D eigenvalue weighted by Gasteiger charge is -2.33. The molecule has 1 aliphatic rings. The van der Waals surface area contributed by atoms with E-state index in [1.165, 1.54) is 19.3 Å². The van der Waals surface area contributed by atoms with Crippen LogP contribution in [0.15, 0.2) is 30.3 Å². The Morgan fingerprint density at radius 1 is 1.20 bits per heavy atom. The first-order valence-electron chi connectivity index (χ1n) is 7.66. The highest BCUT2D eigenvalue weighted by atomic mass is 16.3. The molecule has 1 heterocycles. The summed E-state index contributed by atoms with van der Waals surface area (Å²) < 4.78 is 0. The summed E-state index contributed by atoms with van der Waals surface area (Å²) >= 11 is 0. The minimum atomic E-state index is -0.935. The molecule has 2 rings (SSSR count). The van der Waals surface area contributed by atoms with Gasteiger partial charge in [0.15, 0.2) is 0 Å². The van der Waals surface area contributed by atoms with Gasteiger partial charge in [-0.1, -0.05) is 44.2 Å². The van der Waals surface area contributed by atoms with Crippen LogP contribution in [0.3, 0.4) is 0 Å². The number of nitrogens with two attached hydrogens (primary N) is 1. The molecule has 1 aromatic carbocycles. The standard InChI is InChI=1S/C17H28N2O/c1-16(2)9-6-11-19(12-10-16)14-17(20,13-18)15-7-4-3-5-8-15/h3-5,7-8,20H,6,9-14,18H2,1-2H3. The Kier molecular flexibility index (Phi) is 4.84. The molecule has 20 heavy (non-hydrogen) atoms. The van der Waals surface area contributed by atoms with Gasteiger partial charge in [0.05, 0.1) is 0 Å². The average molecular weight is 276 g/mol. The Hall–Kier alpha value is -0.900. The van der Waals surface area contributed by atoms with E-state index >= 15 is 0 Å². The molecule has 1 fully saturated rings. The van der Waals surface area contributed by atoms with Gasteiger partial charge in [0.2, 0.25) is 0 Å². The van der Waals surface area contributed by atoms with Gasteiger partial charge in [0.25, 0.3) is 0 Å². The van der Waals surface area contributed by atoms with E-state index in [1.807, 2.05) is 30.3 Å². The van der Waals surface area contributed by atoms with Crippen LogP contribution in [0.4, 0.5) is 0 Å². The molecular formula is C17H28N2O. The van der Waals surface area contributed by atoms with Crippen molar-refractivity contribution in [3.8, 4) is 0 Å². The third-order valence-electron chi connectivity index (χ3n) is 4.57. The number of rotatable bonds is 4. The van der Waals surface area contributed by atoms with Gasteiger partial charge in [-0.25, -0.2) is 0 Å². The van der Waals surface area contributed by atoms with Gasteiger partial charge in [-0.2, -0.15) is 0 Å². The fraction of sp³-hybridized carbons (Fsp3) is 0.647. The minimum Gasteiger partial charge on any atom is -0.382 e. The van der Waals surface area contributed by atoms with Gasteiger partial charge < -0.3 is 15.7 Å². The Morgan fingerprint density at radius 2 is 1.90 bits per heavy atom. The van der Waals surface area contributed by atoms with Gasteiger partial charge in [0, 0.05) is 13.1 Å². The van der Waals surface area contributed by atoms with Crippen molar-refractivity contribution in [3.63, 3.8) is 0 Å². The van der Waals surface area contributed by atoms with Gasteiger partial charge in [0.1, 0.15) is 5.60 Å². The van der Waals surface area contributed by atoms with E-state index < -0.39 is 5.60 Å². The van der Waals surface area contributed by atoms with E-state index in [-0.39, 0.29) is 6.54 Å². The van der Waals surface area contributed by atoms with Crippen molar-refractivity contribution in [3.05, 3.63) is 35.9 Å². The quantitative estimate of drug-likeness (QED) is 0.887. The normalized spacial score (nSPS) is 23.0. The molecule has 3 N–H and O–H groups in total. The largest absolute Gasteiger partial charge is 0.382 e. The molecule has 1 saturated heterocycles. The Balaban J connectivity index is 2.06. The molecule has 0 bridgehead atoms. The first kappa shape index (κ1) is 15.5. The van der Waals surface area contributed by atoms with Crippen molar-refractivity contribution in [2.24, 2.45) is 11.1 Å². The summed E-state index contributed by atoms with van der Waals surface area (Å²) in [6, 6.07) is 9.82. The summed E-state index contributed by atoms with van der Waals surface area (Å²) in [5, 5.41) is 10.9. The molecular weight excluding hydrogens is 248 g/mol. The number of aliphatic hydroxyl groups is 1. The Bertz CT molecular complexity index is 418. The zero-order valence-corrected chi connectivity index (χ0v) is 12.8. The van der Waals surface area contributed by atoms with Crippen molar-refractivity contribution in [1.29, 1.82) is 0 Å². The van der Waals surface area contributed by atoms with Crippen molar-refractivity contribution >= 4 is 0 Å². The molecule has 1 aliphatic heterocycles. The molecule has 1 unspecified atom stereocenters. The van der Waals surface area contributed by atoms with Crippen LogP contribution < -0.4 is 5.73 Å².